The molecular formula is C12H15Br2N3P2. The zero-order valence-corrected chi connectivity index (χ0v) is 15.4. The average molecular weight is 423 g/mol. The Hall–Kier alpha value is -0.470. The first-order valence-corrected chi connectivity index (χ1v) is 7.63. The van der Waals surface area contributed by atoms with Crippen molar-refractivity contribution in [3.8, 4) is 0 Å². The van der Waals surface area contributed by atoms with Crippen molar-refractivity contribution in [2.75, 3.05) is 11.5 Å². The van der Waals surface area contributed by atoms with E-state index in [4.69, 9.17) is 11.5 Å². The molecule has 0 aliphatic heterocycles. The molecule has 0 radical (unpaired) electrons. The molecular weight excluding hydrogens is 408 g/mol. The van der Waals surface area contributed by atoms with Gasteiger partial charge < -0.3 is 11.5 Å². The predicted octanol–water partition coefficient (Wildman–Crippen LogP) is 5.17. The minimum Gasteiger partial charge on any atom is -0.399 e. The first-order chi connectivity index (χ1) is 8.99. The minimum atomic E-state index is 0.799. The molecule has 1 atom stereocenters. The number of anilines is 2. The van der Waals surface area contributed by atoms with Gasteiger partial charge in [0.05, 0.1) is 0 Å². The summed E-state index contributed by atoms with van der Waals surface area (Å²) in [5.74, 6) is 0. The number of nitrogens with zero attached hydrogens (tertiary/aromatic N) is 1. The maximum absolute atomic E-state index is 5.41. The molecule has 2 aromatic carbocycles. The Morgan fingerprint density at radius 2 is 1.00 bits per heavy atom. The molecule has 0 fully saturated rings. The van der Waals surface area contributed by atoms with Gasteiger partial charge in [0.25, 0.3) is 0 Å². The van der Waals surface area contributed by atoms with Gasteiger partial charge in [-0.2, -0.15) is 0 Å². The van der Waals surface area contributed by atoms with Crippen molar-refractivity contribution in [3.63, 3.8) is 0 Å². The van der Waals surface area contributed by atoms with Crippen LogP contribution in [0.4, 0.5) is 11.4 Å². The summed E-state index contributed by atoms with van der Waals surface area (Å²) in [5.41, 5.74) is 12.4. The van der Waals surface area contributed by atoms with Crippen molar-refractivity contribution in [1.29, 1.82) is 0 Å². The summed E-state index contributed by atoms with van der Waals surface area (Å²) >= 11 is 6.58. The largest absolute Gasteiger partial charge is 0.399 e. The van der Waals surface area contributed by atoms with E-state index in [1.807, 2.05) is 48.5 Å². The maximum Gasteiger partial charge on any atom is 0.0314 e. The molecule has 4 N–H and O–H groups in total. The van der Waals surface area contributed by atoms with E-state index in [9.17, 15) is 0 Å². The van der Waals surface area contributed by atoms with Crippen molar-refractivity contribution < 1.29 is 0 Å². The van der Waals surface area contributed by atoms with Gasteiger partial charge >= 0.3 is 0 Å². The number of rotatable bonds is 0. The van der Waals surface area contributed by atoms with Gasteiger partial charge in [-0.05, 0) is 67.0 Å². The van der Waals surface area contributed by atoms with Gasteiger partial charge in [-0.3, -0.25) is 4.52 Å². The zero-order chi connectivity index (χ0) is 14.7. The van der Waals surface area contributed by atoms with Crippen LogP contribution in [-0.4, -0.2) is 0 Å². The van der Waals surface area contributed by atoms with Crippen LogP contribution in [0.3, 0.4) is 0 Å². The van der Waals surface area contributed by atoms with E-state index in [0.717, 1.165) is 20.3 Å². The van der Waals surface area contributed by atoms with Gasteiger partial charge in [0.1, 0.15) is 0 Å². The average Bonchev–Trinajstić information content (AvgIpc) is 2.38. The SMILES string of the molecule is Nc1ccc(Br)cc1.Nc1ccc(Br)cc1.P=NP. The number of hydrogen-bond acceptors (Lipinski definition) is 3. The smallest absolute Gasteiger partial charge is 0.0314 e. The summed E-state index contributed by atoms with van der Waals surface area (Å²) in [4.78, 5) is 0. The van der Waals surface area contributed by atoms with E-state index in [0.29, 0.717) is 0 Å². The van der Waals surface area contributed by atoms with Crippen LogP contribution in [0.5, 0.6) is 0 Å². The fourth-order valence-corrected chi connectivity index (χ4v) is 1.45. The van der Waals surface area contributed by atoms with E-state index in [2.05, 4.69) is 54.8 Å². The number of nitrogen functional groups attached to an aromatic ring is 2. The molecule has 0 aliphatic rings. The van der Waals surface area contributed by atoms with Crippen molar-refractivity contribution in [1.82, 2.24) is 0 Å². The molecule has 19 heavy (non-hydrogen) atoms. The lowest BCUT2D eigenvalue weighted by atomic mass is 10.3. The van der Waals surface area contributed by atoms with Crippen molar-refractivity contribution >= 4 is 61.7 Å². The number of nitrogens with two attached hydrogens (primary N) is 2. The van der Waals surface area contributed by atoms with Crippen LogP contribution in [0.25, 0.3) is 0 Å². The molecule has 0 heterocycles. The molecule has 2 rings (SSSR count). The molecule has 0 saturated carbocycles. The number of halogens is 2. The van der Waals surface area contributed by atoms with Crippen LogP contribution in [0.15, 0.2) is 62.0 Å². The molecule has 102 valence electrons. The Kier molecular flexibility index (Phi) is 11.1. The van der Waals surface area contributed by atoms with E-state index in [-0.39, 0.29) is 0 Å². The fraction of sp³-hybridized carbons (Fsp3) is 0. The monoisotopic (exact) mass is 421 g/mol. The van der Waals surface area contributed by atoms with Gasteiger partial charge in [0, 0.05) is 20.3 Å². The first kappa shape index (κ1) is 18.5. The molecule has 0 spiro atoms. The topological polar surface area (TPSA) is 64.4 Å². The molecule has 7 heteroatoms. The molecule has 2 aromatic rings. The van der Waals surface area contributed by atoms with E-state index in [1.54, 1.807) is 0 Å². The van der Waals surface area contributed by atoms with E-state index >= 15 is 0 Å². The Labute approximate surface area is 135 Å². The van der Waals surface area contributed by atoms with Crippen molar-refractivity contribution in [2.45, 2.75) is 0 Å². The van der Waals surface area contributed by atoms with Crippen LogP contribution < -0.4 is 11.5 Å². The molecule has 3 nitrogen and oxygen atoms in total. The summed E-state index contributed by atoms with van der Waals surface area (Å²) in [7, 11) is 4.89. The van der Waals surface area contributed by atoms with E-state index in [1.165, 1.54) is 0 Å². The summed E-state index contributed by atoms with van der Waals surface area (Å²) in [6.07, 6.45) is 0. The fourth-order valence-electron chi connectivity index (χ4n) is 0.926. The van der Waals surface area contributed by atoms with Crippen LogP contribution in [-0.2, 0) is 0 Å². The second-order valence-corrected chi connectivity index (χ2v) is 6.10. The Bertz CT molecular complexity index is 390. The summed E-state index contributed by atoms with van der Waals surface area (Å²) in [6.45, 7) is 0. The van der Waals surface area contributed by atoms with Gasteiger partial charge in [-0.1, -0.05) is 31.9 Å². The highest BCUT2D eigenvalue weighted by Crippen LogP contribution is 2.11. The number of hydrogen-bond donors (Lipinski definition) is 2. The second-order valence-electron chi connectivity index (χ2n) is 3.23. The van der Waals surface area contributed by atoms with Crippen LogP contribution in [0.1, 0.15) is 0 Å². The summed E-state index contributed by atoms with van der Waals surface area (Å²) < 4.78 is 5.35. The lowest BCUT2D eigenvalue weighted by Gasteiger charge is -1.88. The molecule has 0 aromatic heterocycles. The third kappa shape index (κ3) is 11.1. The molecule has 0 aliphatic carbocycles. The molecule has 0 bridgehead atoms. The third-order valence-corrected chi connectivity index (χ3v) is 2.80. The zero-order valence-electron chi connectivity index (χ0n) is 10.1. The second kappa shape index (κ2) is 11.4. The Balaban J connectivity index is 0.000000284. The lowest BCUT2D eigenvalue weighted by Crippen LogP contribution is -1.80. The lowest BCUT2D eigenvalue weighted by molar-refractivity contribution is 1.64. The maximum atomic E-state index is 5.41. The summed E-state index contributed by atoms with van der Waals surface area (Å²) in [5, 5.41) is 0. The van der Waals surface area contributed by atoms with Crippen molar-refractivity contribution in [2.24, 2.45) is 4.52 Å². The first-order valence-electron chi connectivity index (χ1n) is 5.08. The minimum absolute atomic E-state index is 0.799. The van der Waals surface area contributed by atoms with Gasteiger partial charge in [0.15, 0.2) is 0 Å². The Morgan fingerprint density at radius 1 is 0.789 bits per heavy atom. The number of benzene rings is 2. The van der Waals surface area contributed by atoms with Crippen LogP contribution >= 0.6 is 50.3 Å². The molecule has 1 unspecified atom stereocenters. The van der Waals surface area contributed by atoms with Gasteiger partial charge in [0.2, 0.25) is 0 Å². The summed E-state index contributed by atoms with van der Waals surface area (Å²) in [6, 6.07) is 15.1. The Morgan fingerprint density at radius 3 is 1.16 bits per heavy atom. The predicted molar refractivity (Wildman–Crippen MR) is 97.6 cm³/mol. The van der Waals surface area contributed by atoms with Crippen LogP contribution in [0.2, 0.25) is 0 Å². The highest BCUT2D eigenvalue weighted by Gasteiger charge is 1.82. The van der Waals surface area contributed by atoms with E-state index < -0.39 is 0 Å². The normalized spacial score (nSPS) is 8.37. The standard InChI is InChI=1S/2C6H6BrN.H3NP2/c2*7-5-1-3-6(8)4-2-5;2-1-3/h2*1-4H,8H2;2H,3H2. The van der Waals surface area contributed by atoms with Gasteiger partial charge in [-0.25, -0.2) is 0 Å². The van der Waals surface area contributed by atoms with Gasteiger partial charge in [-0.15, -0.1) is 0 Å². The highest BCUT2D eigenvalue weighted by atomic mass is 79.9. The highest BCUT2D eigenvalue weighted by molar-refractivity contribution is 9.10. The third-order valence-electron chi connectivity index (χ3n) is 1.74. The van der Waals surface area contributed by atoms with Crippen molar-refractivity contribution in [3.05, 3.63) is 57.5 Å². The van der Waals surface area contributed by atoms with Crippen LogP contribution in [0, 0.1) is 0 Å². The molecule has 0 saturated heterocycles. The quantitative estimate of drug-likeness (QED) is 0.454. The molecule has 0 amide bonds.